The Hall–Kier alpha value is -2.04. The van der Waals surface area contributed by atoms with E-state index in [4.69, 9.17) is 0 Å². The average molecular weight is 217 g/mol. The molecule has 0 fully saturated rings. The third kappa shape index (κ3) is 2.31. The van der Waals surface area contributed by atoms with Crippen molar-refractivity contribution in [2.24, 2.45) is 0 Å². The zero-order valence-electron chi connectivity index (χ0n) is 9.44. The van der Waals surface area contributed by atoms with Gasteiger partial charge in [-0.05, 0) is 5.56 Å². The molecule has 0 saturated heterocycles. The molecule has 1 aromatic heterocycles. The first-order valence-electron chi connectivity index (χ1n) is 5.15. The molecule has 5 nitrogen and oxygen atoms in total. The number of benzene rings is 1. The van der Waals surface area contributed by atoms with E-state index in [-0.39, 0.29) is 0 Å². The highest BCUT2D eigenvalue weighted by atomic mass is 15.4. The third-order valence-corrected chi connectivity index (χ3v) is 2.34. The van der Waals surface area contributed by atoms with Gasteiger partial charge in [0.15, 0.2) is 0 Å². The molecular formula is C11H15N5. The number of nitrogens with one attached hydrogen (secondary N) is 2. The van der Waals surface area contributed by atoms with Crippen LogP contribution in [-0.2, 0) is 6.54 Å². The van der Waals surface area contributed by atoms with Crippen LogP contribution < -0.4 is 10.2 Å². The Labute approximate surface area is 94.5 Å². The fourth-order valence-corrected chi connectivity index (χ4v) is 1.47. The highest BCUT2D eigenvalue weighted by Gasteiger charge is 2.06. The van der Waals surface area contributed by atoms with Gasteiger partial charge < -0.3 is 10.2 Å². The summed E-state index contributed by atoms with van der Waals surface area (Å²) in [6, 6.07) is 10.2. The highest BCUT2D eigenvalue weighted by Crippen LogP contribution is 2.11. The minimum absolute atomic E-state index is 0.676. The van der Waals surface area contributed by atoms with Gasteiger partial charge in [0.1, 0.15) is 0 Å². The van der Waals surface area contributed by atoms with Crippen molar-refractivity contribution in [1.29, 1.82) is 0 Å². The fourth-order valence-electron chi connectivity index (χ4n) is 1.47. The van der Waals surface area contributed by atoms with E-state index in [2.05, 4.69) is 32.6 Å². The smallest absolute Gasteiger partial charge is 0.226 e. The van der Waals surface area contributed by atoms with Crippen molar-refractivity contribution in [3.63, 3.8) is 0 Å². The van der Waals surface area contributed by atoms with Gasteiger partial charge in [-0.2, -0.15) is 0 Å². The Morgan fingerprint density at radius 2 is 2.00 bits per heavy atom. The highest BCUT2D eigenvalue weighted by molar-refractivity contribution is 5.36. The summed E-state index contributed by atoms with van der Waals surface area (Å²) in [5, 5.41) is 10.9. The van der Waals surface area contributed by atoms with Crippen LogP contribution in [0.4, 0.5) is 11.9 Å². The molecule has 2 N–H and O–H groups in total. The lowest BCUT2D eigenvalue weighted by molar-refractivity contribution is 0.871. The lowest BCUT2D eigenvalue weighted by atomic mass is 10.2. The predicted molar refractivity (Wildman–Crippen MR) is 64.5 cm³/mol. The summed E-state index contributed by atoms with van der Waals surface area (Å²) in [7, 11) is 3.79. The lowest BCUT2D eigenvalue weighted by Gasteiger charge is -2.14. The van der Waals surface area contributed by atoms with E-state index in [1.807, 2.05) is 37.2 Å². The first-order chi connectivity index (χ1) is 7.79. The van der Waals surface area contributed by atoms with Crippen molar-refractivity contribution in [1.82, 2.24) is 15.2 Å². The SMILES string of the molecule is CNc1nnc(N(C)Cc2ccccc2)[nH]1. The quantitative estimate of drug-likeness (QED) is 0.814. The summed E-state index contributed by atoms with van der Waals surface area (Å²) < 4.78 is 0. The van der Waals surface area contributed by atoms with Crippen molar-refractivity contribution in [3.8, 4) is 0 Å². The Balaban J connectivity index is 2.05. The third-order valence-electron chi connectivity index (χ3n) is 2.34. The molecule has 0 aliphatic carbocycles. The molecule has 1 heterocycles. The van der Waals surface area contributed by atoms with E-state index in [9.17, 15) is 0 Å². The standard InChI is InChI=1S/C11H15N5/c1-12-10-13-11(15-14-10)16(2)8-9-6-4-3-5-7-9/h3-7H,8H2,1-2H3,(H2,12,13,14,15). The first kappa shape index (κ1) is 10.5. The zero-order chi connectivity index (χ0) is 11.4. The molecule has 0 spiro atoms. The summed E-state index contributed by atoms with van der Waals surface area (Å²) >= 11 is 0. The Morgan fingerprint density at radius 1 is 1.25 bits per heavy atom. The van der Waals surface area contributed by atoms with E-state index in [1.165, 1.54) is 5.56 Å². The topological polar surface area (TPSA) is 56.8 Å². The van der Waals surface area contributed by atoms with Crippen molar-refractivity contribution >= 4 is 11.9 Å². The average Bonchev–Trinajstić information content (AvgIpc) is 2.79. The maximum Gasteiger partial charge on any atom is 0.226 e. The minimum atomic E-state index is 0.676. The normalized spacial score (nSPS) is 10.1. The van der Waals surface area contributed by atoms with Crippen LogP contribution in [0.2, 0.25) is 0 Å². The number of aromatic amines is 1. The van der Waals surface area contributed by atoms with Crippen LogP contribution in [0.25, 0.3) is 0 Å². The summed E-state index contributed by atoms with van der Waals surface area (Å²) in [5.74, 6) is 1.43. The monoisotopic (exact) mass is 217 g/mol. The molecule has 0 unspecified atom stereocenters. The van der Waals surface area contributed by atoms with Gasteiger partial charge >= 0.3 is 0 Å². The summed E-state index contributed by atoms with van der Waals surface area (Å²) in [4.78, 5) is 5.09. The number of rotatable bonds is 4. The van der Waals surface area contributed by atoms with E-state index >= 15 is 0 Å². The van der Waals surface area contributed by atoms with Crippen LogP contribution in [0.15, 0.2) is 30.3 Å². The fraction of sp³-hybridized carbons (Fsp3) is 0.273. The van der Waals surface area contributed by atoms with Gasteiger partial charge in [-0.15, -0.1) is 10.2 Å². The Kier molecular flexibility index (Phi) is 3.05. The summed E-state index contributed by atoms with van der Waals surface area (Å²) in [6.45, 7) is 0.805. The number of aromatic nitrogens is 3. The second kappa shape index (κ2) is 4.65. The van der Waals surface area contributed by atoms with Crippen LogP contribution >= 0.6 is 0 Å². The van der Waals surface area contributed by atoms with E-state index in [0.717, 1.165) is 12.5 Å². The summed E-state index contributed by atoms with van der Waals surface area (Å²) in [6.07, 6.45) is 0. The Bertz CT molecular complexity index is 437. The number of anilines is 2. The molecule has 16 heavy (non-hydrogen) atoms. The molecule has 0 atom stereocenters. The van der Waals surface area contributed by atoms with Gasteiger partial charge in [-0.3, -0.25) is 4.98 Å². The van der Waals surface area contributed by atoms with Gasteiger partial charge in [0.25, 0.3) is 0 Å². The molecule has 5 heteroatoms. The van der Waals surface area contributed by atoms with Crippen LogP contribution in [0.1, 0.15) is 5.56 Å². The van der Waals surface area contributed by atoms with Crippen molar-refractivity contribution in [2.45, 2.75) is 6.54 Å². The maximum atomic E-state index is 4.04. The van der Waals surface area contributed by atoms with Crippen LogP contribution in [0.5, 0.6) is 0 Å². The van der Waals surface area contributed by atoms with E-state index < -0.39 is 0 Å². The van der Waals surface area contributed by atoms with Gasteiger partial charge in [0, 0.05) is 20.6 Å². The van der Waals surface area contributed by atoms with Crippen LogP contribution in [0.3, 0.4) is 0 Å². The second-order valence-corrected chi connectivity index (χ2v) is 3.59. The largest absolute Gasteiger partial charge is 0.358 e. The molecule has 0 bridgehead atoms. The maximum absolute atomic E-state index is 4.04. The number of nitrogens with zero attached hydrogens (tertiary/aromatic N) is 3. The van der Waals surface area contributed by atoms with Crippen LogP contribution in [-0.4, -0.2) is 29.3 Å². The summed E-state index contributed by atoms with van der Waals surface area (Å²) in [5.41, 5.74) is 1.24. The molecule has 2 aromatic rings. The molecule has 0 amide bonds. The predicted octanol–water partition coefficient (Wildman–Crippen LogP) is 1.48. The van der Waals surface area contributed by atoms with E-state index in [0.29, 0.717) is 5.95 Å². The lowest BCUT2D eigenvalue weighted by Crippen LogP contribution is -2.17. The molecule has 2 rings (SSSR count). The molecule has 1 aromatic carbocycles. The minimum Gasteiger partial charge on any atom is -0.358 e. The van der Waals surface area contributed by atoms with Crippen molar-refractivity contribution in [3.05, 3.63) is 35.9 Å². The Morgan fingerprint density at radius 3 is 2.62 bits per heavy atom. The number of H-pyrrole nitrogens is 1. The molecule has 0 saturated carbocycles. The van der Waals surface area contributed by atoms with Gasteiger partial charge in [0.05, 0.1) is 0 Å². The van der Waals surface area contributed by atoms with Crippen molar-refractivity contribution < 1.29 is 0 Å². The van der Waals surface area contributed by atoms with Gasteiger partial charge in [0.2, 0.25) is 11.9 Å². The van der Waals surface area contributed by atoms with E-state index in [1.54, 1.807) is 0 Å². The number of hydrogen-bond acceptors (Lipinski definition) is 4. The number of hydrogen-bond donors (Lipinski definition) is 2. The zero-order valence-corrected chi connectivity index (χ0v) is 9.44. The molecule has 0 aliphatic rings. The molecule has 0 aliphatic heterocycles. The van der Waals surface area contributed by atoms with Gasteiger partial charge in [-0.25, -0.2) is 0 Å². The van der Waals surface area contributed by atoms with Crippen molar-refractivity contribution in [2.75, 3.05) is 24.3 Å². The van der Waals surface area contributed by atoms with Crippen LogP contribution in [0, 0.1) is 0 Å². The molecule has 0 radical (unpaired) electrons. The first-order valence-corrected chi connectivity index (χ1v) is 5.15. The molecule has 84 valence electrons. The van der Waals surface area contributed by atoms with Gasteiger partial charge in [-0.1, -0.05) is 30.3 Å². The molecular weight excluding hydrogens is 202 g/mol. The second-order valence-electron chi connectivity index (χ2n) is 3.59.